The molecule has 5 heteroatoms. The topological polar surface area (TPSA) is 45.7 Å². The maximum atomic E-state index is 12.6. The first-order valence-corrected chi connectivity index (χ1v) is 9.15. The maximum absolute atomic E-state index is 12.6. The lowest BCUT2D eigenvalue weighted by atomic mass is 9.99. The third-order valence-electron chi connectivity index (χ3n) is 4.82. The molecular formula is C21H27N3O2. The Labute approximate surface area is 155 Å². The van der Waals surface area contributed by atoms with Crippen molar-refractivity contribution < 1.29 is 9.53 Å². The number of aromatic nitrogens is 1. The first-order valence-electron chi connectivity index (χ1n) is 9.15. The van der Waals surface area contributed by atoms with Crippen LogP contribution in [0.3, 0.4) is 0 Å². The van der Waals surface area contributed by atoms with Crippen LogP contribution in [0.15, 0.2) is 36.5 Å². The number of ether oxygens (including phenoxy) is 1. The molecule has 1 saturated heterocycles. The van der Waals surface area contributed by atoms with Crippen molar-refractivity contribution in [2.45, 2.75) is 20.8 Å². The van der Waals surface area contributed by atoms with Crippen LogP contribution in [0.25, 0.3) is 11.1 Å². The number of amides is 1. The average molecular weight is 353 g/mol. The molecule has 3 rings (SSSR count). The zero-order valence-corrected chi connectivity index (χ0v) is 16.0. The highest BCUT2D eigenvalue weighted by Gasteiger charge is 2.21. The Morgan fingerprint density at radius 3 is 2.54 bits per heavy atom. The summed E-state index contributed by atoms with van der Waals surface area (Å²) in [5, 5.41) is 0. The van der Waals surface area contributed by atoms with E-state index in [2.05, 4.69) is 35.0 Å². The van der Waals surface area contributed by atoms with Crippen LogP contribution in [0, 0.1) is 12.8 Å². The Bertz CT molecular complexity index is 783. The van der Waals surface area contributed by atoms with Gasteiger partial charge < -0.3 is 14.5 Å². The van der Waals surface area contributed by atoms with E-state index in [1.807, 2.05) is 39.2 Å². The van der Waals surface area contributed by atoms with Crippen LogP contribution in [-0.4, -0.2) is 44.2 Å². The van der Waals surface area contributed by atoms with Crippen LogP contribution < -0.4 is 9.80 Å². The lowest BCUT2D eigenvalue weighted by Crippen LogP contribution is -2.37. The van der Waals surface area contributed by atoms with Gasteiger partial charge in [-0.25, -0.2) is 4.98 Å². The largest absolute Gasteiger partial charge is 0.378 e. The van der Waals surface area contributed by atoms with Crippen LogP contribution in [0.2, 0.25) is 0 Å². The molecule has 0 atom stereocenters. The fourth-order valence-electron chi connectivity index (χ4n) is 3.27. The van der Waals surface area contributed by atoms with E-state index < -0.39 is 0 Å². The quantitative estimate of drug-likeness (QED) is 0.844. The van der Waals surface area contributed by atoms with Gasteiger partial charge in [-0.2, -0.15) is 0 Å². The van der Waals surface area contributed by atoms with E-state index in [1.54, 1.807) is 4.90 Å². The number of carbonyl (C=O) groups excluding carboxylic acids is 1. The number of rotatable bonds is 4. The molecule has 5 nitrogen and oxygen atoms in total. The number of anilines is 2. The van der Waals surface area contributed by atoms with E-state index in [0.717, 1.165) is 48.9 Å². The third-order valence-corrected chi connectivity index (χ3v) is 4.82. The van der Waals surface area contributed by atoms with Gasteiger partial charge in [0.25, 0.3) is 0 Å². The van der Waals surface area contributed by atoms with Gasteiger partial charge in [-0.3, -0.25) is 4.79 Å². The summed E-state index contributed by atoms with van der Waals surface area (Å²) in [5.41, 5.74) is 4.19. The zero-order chi connectivity index (χ0) is 18.7. The van der Waals surface area contributed by atoms with Crippen molar-refractivity contribution >= 4 is 17.4 Å². The second-order valence-corrected chi connectivity index (χ2v) is 7.03. The van der Waals surface area contributed by atoms with E-state index in [9.17, 15) is 4.79 Å². The molecule has 1 fully saturated rings. The van der Waals surface area contributed by atoms with Crippen molar-refractivity contribution in [3.8, 4) is 11.1 Å². The summed E-state index contributed by atoms with van der Waals surface area (Å²) in [6, 6.07) is 10.4. The third kappa shape index (κ3) is 3.73. The van der Waals surface area contributed by atoms with Crippen LogP contribution in [-0.2, 0) is 9.53 Å². The number of carbonyl (C=O) groups is 1. The van der Waals surface area contributed by atoms with Crippen LogP contribution in [0.4, 0.5) is 11.5 Å². The lowest BCUT2D eigenvalue weighted by molar-refractivity contribution is -0.121. The number of benzene rings is 1. The molecule has 0 N–H and O–H groups in total. The van der Waals surface area contributed by atoms with Gasteiger partial charge in [0, 0.05) is 31.6 Å². The first-order chi connectivity index (χ1) is 12.5. The second kappa shape index (κ2) is 7.87. The highest BCUT2D eigenvalue weighted by atomic mass is 16.5. The fraction of sp³-hybridized carbons (Fsp3) is 0.429. The summed E-state index contributed by atoms with van der Waals surface area (Å²) >= 11 is 0. The highest BCUT2D eigenvalue weighted by molar-refractivity contribution is 5.98. The van der Waals surface area contributed by atoms with E-state index in [4.69, 9.17) is 4.74 Å². The molecule has 1 aliphatic rings. The Kier molecular flexibility index (Phi) is 5.57. The highest BCUT2D eigenvalue weighted by Crippen LogP contribution is 2.35. The monoisotopic (exact) mass is 353 g/mol. The van der Waals surface area contributed by atoms with Gasteiger partial charge in [0.1, 0.15) is 5.82 Å². The molecule has 0 unspecified atom stereocenters. The standard InChI is InChI=1S/C21H27N3O2/c1-15(2)21(25)23(4)19-14-22-20(24-9-11-26-12-10-24)13-18(19)17-8-6-5-7-16(17)3/h5-8,13-15H,9-12H2,1-4H3. The molecule has 1 aromatic heterocycles. The molecule has 0 bridgehead atoms. The minimum absolute atomic E-state index is 0.0661. The molecule has 138 valence electrons. The molecule has 1 amide bonds. The molecule has 0 radical (unpaired) electrons. The molecule has 0 aliphatic carbocycles. The Balaban J connectivity index is 2.09. The van der Waals surface area contributed by atoms with E-state index >= 15 is 0 Å². The van der Waals surface area contributed by atoms with Gasteiger partial charge in [0.15, 0.2) is 0 Å². The minimum atomic E-state index is -0.0661. The summed E-state index contributed by atoms with van der Waals surface area (Å²) in [4.78, 5) is 21.2. The van der Waals surface area contributed by atoms with Crippen LogP contribution >= 0.6 is 0 Å². The minimum Gasteiger partial charge on any atom is -0.378 e. The molecule has 0 spiro atoms. The smallest absolute Gasteiger partial charge is 0.229 e. The SMILES string of the molecule is Cc1ccccc1-c1cc(N2CCOCC2)ncc1N(C)C(=O)C(C)C. The van der Waals surface area contributed by atoms with Crippen molar-refractivity contribution in [3.63, 3.8) is 0 Å². The molecular weight excluding hydrogens is 326 g/mol. The lowest BCUT2D eigenvalue weighted by Gasteiger charge is -2.29. The van der Waals surface area contributed by atoms with Gasteiger partial charge >= 0.3 is 0 Å². The van der Waals surface area contributed by atoms with Gasteiger partial charge in [-0.1, -0.05) is 38.1 Å². The number of hydrogen-bond donors (Lipinski definition) is 0. The van der Waals surface area contributed by atoms with Gasteiger partial charge in [-0.15, -0.1) is 0 Å². The van der Waals surface area contributed by atoms with E-state index in [1.165, 1.54) is 5.56 Å². The normalized spacial score (nSPS) is 14.6. The van der Waals surface area contributed by atoms with E-state index in [0.29, 0.717) is 0 Å². The van der Waals surface area contributed by atoms with Crippen molar-refractivity contribution in [2.75, 3.05) is 43.2 Å². The van der Waals surface area contributed by atoms with E-state index in [-0.39, 0.29) is 11.8 Å². The van der Waals surface area contributed by atoms with Gasteiger partial charge in [0.2, 0.25) is 5.91 Å². The summed E-state index contributed by atoms with van der Waals surface area (Å²) in [6.45, 7) is 9.03. The zero-order valence-electron chi connectivity index (χ0n) is 16.0. The number of hydrogen-bond acceptors (Lipinski definition) is 4. The Morgan fingerprint density at radius 1 is 1.19 bits per heavy atom. The Morgan fingerprint density at radius 2 is 1.88 bits per heavy atom. The van der Waals surface area contributed by atoms with Crippen LogP contribution in [0.1, 0.15) is 19.4 Å². The number of morpholine rings is 1. The summed E-state index contributed by atoms with van der Waals surface area (Å²) in [6.07, 6.45) is 1.83. The molecule has 2 aromatic rings. The second-order valence-electron chi connectivity index (χ2n) is 7.03. The Hall–Kier alpha value is -2.40. The molecule has 0 saturated carbocycles. The fourth-order valence-corrected chi connectivity index (χ4v) is 3.27. The van der Waals surface area contributed by atoms with Crippen molar-refractivity contribution in [2.24, 2.45) is 5.92 Å². The number of pyridine rings is 1. The number of aryl methyl sites for hydroxylation is 1. The first kappa shape index (κ1) is 18.4. The maximum Gasteiger partial charge on any atom is 0.229 e. The number of nitrogens with zero attached hydrogens (tertiary/aromatic N) is 3. The van der Waals surface area contributed by atoms with Crippen LogP contribution in [0.5, 0.6) is 0 Å². The molecule has 2 heterocycles. The van der Waals surface area contributed by atoms with Crippen molar-refractivity contribution in [1.29, 1.82) is 0 Å². The van der Waals surface area contributed by atoms with Crippen molar-refractivity contribution in [1.82, 2.24) is 4.98 Å². The van der Waals surface area contributed by atoms with Crippen molar-refractivity contribution in [3.05, 3.63) is 42.1 Å². The van der Waals surface area contributed by atoms with Gasteiger partial charge in [0.05, 0.1) is 25.1 Å². The molecule has 1 aromatic carbocycles. The molecule has 26 heavy (non-hydrogen) atoms. The molecule has 1 aliphatic heterocycles. The summed E-state index contributed by atoms with van der Waals surface area (Å²) < 4.78 is 5.45. The van der Waals surface area contributed by atoms with Gasteiger partial charge in [-0.05, 0) is 24.1 Å². The summed E-state index contributed by atoms with van der Waals surface area (Å²) in [7, 11) is 1.83. The predicted molar refractivity (Wildman–Crippen MR) is 106 cm³/mol. The average Bonchev–Trinajstić information content (AvgIpc) is 2.67. The summed E-state index contributed by atoms with van der Waals surface area (Å²) in [5.74, 6) is 0.949. The predicted octanol–water partition coefficient (Wildman–Crippen LogP) is 3.51.